The van der Waals surface area contributed by atoms with E-state index in [0.29, 0.717) is 5.56 Å². The molecule has 6 heteroatoms. The fourth-order valence-electron chi connectivity index (χ4n) is 1.06. The molecule has 0 fully saturated rings. The van der Waals surface area contributed by atoms with Crippen molar-refractivity contribution in [2.75, 3.05) is 7.11 Å². The average molecular weight is 312 g/mol. The Kier molecular flexibility index (Phi) is 4.92. The Morgan fingerprint density at radius 3 is 2.47 bits per heavy atom. The zero-order chi connectivity index (χ0) is 11.4. The van der Waals surface area contributed by atoms with Crippen LogP contribution in [0.3, 0.4) is 0 Å². The quantitative estimate of drug-likeness (QED) is 0.637. The SMILES string of the molecule is COC(=O)C(c1ccc(Br)cc1)[S+]([O-])Cl. The van der Waals surface area contributed by atoms with Crippen molar-refractivity contribution < 1.29 is 14.1 Å². The van der Waals surface area contributed by atoms with Gasteiger partial charge in [-0.3, -0.25) is 0 Å². The minimum Gasteiger partial charge on any atom is -0.598 e. The van der Waals surface area contributed by atoms with Crippen LogP contribution in [-0.2, 0) is 19.9 Å². The molecule has 0 aliphatic heterocycles. The van der Waals surface area contributed by atoms with Crippen molar-refractivity contribution in [3.05, 3.63) is 34.3 Å². The van der Waals surface area contributed by atoms with Gasteiger partial charge in [-0.25, -0.2) is 4.79 Å². The van der Waals surface area contributed by atoms with E-state index >= 15 is 0 Å². The van der Waals surface area contributed by atoms with Crippen molar-refractivity contribution in [1.29, 1.82) is 0 Å². The first-order chi connectivity index (χ1) is 7.06. The summed E-state index contributed by atoms with van der Waals surface area (Å²) < 4.78 is 16.6. The van der Waals surface area contributed by atoms with Gasteiger partial charge in [0.2, 0.25) is 0 Å². The number of hydrogen-bond acceptors (Lipinski definition) is 3. The van der Waals surface area contributed by atoms with Gasteiger partial charge in [0.15, 0.2) is 10.7 Å². The Morgan fingerprint density at radius 1 is 1.53 bits per heavy atom. The lowest BCUT2D eigenvalue weighted by Gasteiger charge is -2.13. The molecule has 0 bridgehead atoms. The Balaban J connectivity index is 2.99. The maximum atomic E-state index is 11.3. The van der Waals surface area contributed by atoms with Crippen LogP contribution in [0.25, 0.3) is 0 Å². The fraction of sp³-hybridized carbons (Fsp3) is 0.222. The van der Waals surface area contributed by atoms with Gasteiger partial charge < -0.3 is 9.29 Å². The van der Waals surface area contributed by atoms with Crippen molar-refractivity contribution in [3.63, 3.8) is 0 Å². The van der Waals surface area contributed by atoms with E-state index in [1.54, 1.807) is 24.3 Å². The molecule has 0 radical (unpaired) electrons. The topological polar surface area (TPSA) is 49.4 Å². The summed E-state index contributed by atoms with van der Waals surface area (Å²) in [7, 11) is 4.88. The van der Waals surface area contributed by atoms with Crippen molar-refractivity contribution in [3.8, 4) is 0 Å². The van der Waals surface area contributed by atoms with Crippen LogP contribution in [0.5, 0.6) is 0 Å². The monoisotopic (exact) mass is 310 g/mol. The molecule has 0 aromatic heterocycles. The normalized spacial score (nSPS) is 14.4. The van der Waals surface area contributed by atoms with Gasteiger partial charge in [0.05, 0.1) is 17.5 Å². The zero-order valence-electron chi connectivity index (χ0n) is 7.78. The highest BCUT2D eigenvalue weighted by Crippen LogP contribution is 2.27. The van der Waals surface area contributed by atoms with Crippen LogP contribution < -0.4 is 0 Å². The van der Waals surface area contributed by atoms with Gasteiger partial charge in [0.25, 0.3) is 5.25 Å². The maximum absolute atomic E-state index is 11.3. The van der Waals surface area contributed by atoms with Gasteiger partial charge in [0.1, 0.15) is 0 Å². The van der Waals surface area contributed by atoms with Crippen LogP contribution in [0, 0.1) is 0 Å². The molecule has 1 aromatic carbocycles. The lowest BCUT2D eigenvalue weighted by atomic mass is 10.1. The van der Waals surface area contributed by atoms with Crippen molar-refractivity contribution in [1.82, 2.24) is 0 Å². The first kappa shape index (κ1) is 12.8. The summed E-state index contributed by atoms with van der Waals surface area (Å²) in [5.74, 6) is -0.606. The molecular weight excluding hydrogens is 304 g/mol. The molecule has 3 nitrogen and oxygen atoms in total. The van der Waals surface area contributed by atoms with Gasteiger partial charge in [0, 0.05) is 10.0 Å². The van der Waals surface area contributed by atoms with Crippen LogP contribution in [0.4, 0.5) is 0 Å². The van der Waals surface area contributed by atoms with E-state index in [1.165, 1.54) is 7.11 Å². The predicted octanol–water partition coefficient (Wildman–Crippen LogP) is 2.57. The van der Waals surface area contributed by atoms with Crippen molar-refractivity contribution >= 4 is 43.0 Å². The molecule has 0 N–H and O–H groups in total. The lowest BCUT2D eigenvalue weighted by Crippen LogP contribution is -2.19. The largest absolute Gasteiger partial charge is 0.598 e. The molecule has 0 saturated heterocycles. The number of hydrogen-bond donors (Lipinski definition) is 0. The summed E-state index contributed by atoms with van der Waals surface area (Å²) in [4.78, 5) is 11.3. The second-order valence-electron chi connectivity index (χ2n) is 2.70. The van der Waals surface area contributed by atoms with E-state index < -0.39 is 21.6 Å². The predicted molar refractivity (Wildman–Crippen MR) is 62.9 cm³/mol. The number of carbonyl (C=O) groups excluding carboxylic acids is 1. The van der Waals surface area contributed by atoms with Gasteiger partial charge in [-0.2, -0.15) is 0 Å². The Hall–Kier alpha value is -0.230. The van der Waals surface area contributed by atoms with Gasteiger partial charge in [-0.1, -0.05) is 28.1 Å². The maximum Gasteiger partial charge on any atom is 0.365 e. The fourth-order valence-corrected chi connectivity index (χ4v) is 2.47. The van der Waals surface area contributed by atoms with Crippen LogP contribution in [-0.4, -0.2) is 17.6 Å². The lowest BCUT2D eigenvalue weighted by molar-refractivity contribution is -0.140. The van der Waals surface area contributed by atoms with Crippen molar-refractivity contribution in [2.24, 2.45) is 0 Å². The van der Waals surface area contributed by atoms with E-state index in [1.807, 2.05) is 0 Å². The summed E-state index contributed by atoms with van der Waals surface area (Å²) in [6.07, 6.45) is 0. The number of carbonyl (C=O) groups is 1. The van der Waals surface area contributed by atoms with E-state index in [9.17, 15) is 9.35 Å². The van der Waals surface area contributed by atoms with E-state index in [2.05, 4.69) is 20.7 Å². The molecule has 0 saturated carbocycles. The number of ether oxygens (including phenoxy) is 1. The number of esters is 1. The smallest absolute Gasteiger partial charge is 0.365 e. The molecule has 0 aliphatic carbocycles. The van der Waals surface area contributed by atoms with Crippen LogP contribution >= 0.6 is 26.6 Å². The number of rotatable bonds is 3. The minimum atomic E-state index is -1.81. The van der Waals surface area contributed by atoms with E-state index in [0.717, 1.165) is 4.47 Å². The minimum absolute atomic E-state index is 0.568. The van der Waals surface area contributed by atoms with Gasteiger partial charge >= 0.3 is 5.97 Å². The summed E-state index contributed by atoms with van der Waals surface area (Å²) in [5.41, 5.74) is 0.568. The summed E-state index contributed by atoms with van der Waals surface area (Å²) in [6.45, 7) is 0. The highest BCUT2D eigenvalue weighted by Gasteiger charge is 2.33. The first-order valence-electron chi connectivity index (χ1n) is 3.96. The number of methoxy groups -OCH3 is 1. The third-order valence-corrected chi connectivity index (χ3v) is 3.67. The molecule has 0 heterocycles. The van der Waals surface area contributed by atoms with Gasteiger partial charge in [-0.05, 0) is 12.1 Å². The third kappa shape index (κ3) is 3.38. The molecule has 1 rings (SSSR count). The zero-order valence-corrected chi connectivity index (χ0v) is 10.9. The molecule has 82 valence electrons. The highest BCUT2D eigenvalue weighted by atomic mass is 79.9. The van der Waals surface area contributed by atoms with Gasteiger partial charge in [-0.15, -0.1) is 0 Å². The summed E-state index contributed by atoms with van der Waals surface area (Å²) >= 11 is 3.26. The van der Waals surface area contributed by atoms with Crippen LogP contribution in [0.2, 0.25) is 0 Å². The highest BCUT2D eigenvalue weighted by molar-refractivity contribution is 9.10. The molecule has 0 spiro atoms. The second-order valence-corrected chi connectivity index (χ2v) is 5.50. The Morgan fingerprint density at radius 2 is 2.07 bits per heavy atom. The summed E-state index contributed by atoms with van der Waals surface area (Å²) in [5, 5.41) is -0.940. The number of halogens is 2. The van der Waals surface area contributed by atoms with Crippen molar-refractivity contribution in [2.45, 2.75) is 5.25 Å². The standard InChI is InChI=1S/C9H8BrClO3S/c1-14-9(12)8(15(11)13)6-2-4-7(10)5-3-6/h2-5,8H,1H3. The Bertz CT molecular complexity index is 342. The second kappa shape index (κ2) is 5.75. The molecule has 15 heavy (non-hydrogen) atoms. The molecule has 2 unspecified atom stereocenters. The van der Waals surface area contributed by atoms with Crippen LogP contribution in [0.1, 0.15) is 10.8 Å². The number of benzene rings is 1. The molecule has 0 amide bonds. The van der Waals surface area contributed by atoms with E-state index in [4.69, 9.17) is 10.7 Å². The average Bonchev–Trinajstić information content (AvgIpc) is 2.20. The third-order valence-electron chi connectivity index (χ3n) is 1.77. The molecule has 1 aromatic rings. The Labute approximate surface area is 104 Å². The summed E-state index contributed by atoms with van der Waals surface area (Å²) in [6, 6.07) is 6.84. The molecular formula is C9H8BrClO3S. The molecule has 2 atom stereocenters. The van der Waals surface area contributed by atoms with Crippen LogP contribution in [0.15, 0.2) is 28.7 Å². The molecule has 0 aliphatic rings. The first-order valence-corrected chi connectivity index (χ1v) is 6.79. The van der Waals surface area contributed by atoms with E-state index in [-0.39, 0.29) is 0 Å².